The van der Waals surface area contributed by atoms with E-state index in [0.29, 0.717) is 59.6 Å². The number of carboxylic acid groups (broad SMARTS) is 1. The van der Waals surface area contributed by atoms with Crippen LogP contribution in [-0.4, -0.2) is 57.1 Å². The zero-order valence-corrected chi connectivity index (χ0v) is 23.7. The molecule has 4 aromatic rings. The number of hydrogen-bond acceptors (Lipinski definition) is 6. The molecule has 0 spiro atoms. The van der Waals surface area contributed by atoms with Gasteiger partial charge in [0.2, 0.25) is 0 Å². The van der Waals surface area contributed by atoms with E-state index >= 15 is 0 Å². The topological polar surface area (TPSA) is 107 Å². The van der Waals surface area contributed by atoms with Crippen LogP contribution < -0.4 is 9.47 Å². The third-order valence-electron chi connectivity index (χ3n) is 8.01. The highest BCUT2D eigenvalue weighted by molar-refractivity contribution is 6.34. The fourth-order valence-electron chi connectivity index (χ4n) is 5.68. The minimum absolute atomic E-state index is 0.0984. The van der Waals surface area contributed by atoms with Crippen molar-refractivity contribution in [1.82, 2.24) is 19.9 Å². The molecule has 9 nitrogen and oxygen atoms in total. The largest absolute Gasteiger partial charge is 0.494 e. The lowest BCUT2D eigenvalue weighted by Gasteiger charge is -2.32. The second-order valence-corrected chi connectivity index (χ2v) is 11.2. The van der Waals surface area contributed by atoms with E-state index in [4.69, 9.17) is 21.1 Å². The van der Waals surface area contributed by atoms with Gasteiger partial charge in [0.15, 0.2) is 0 Å². The van der Waals surface area contributed by atoms with Crippen LogP contribution in [0.2, 0.25) is 5.02 Å². The van der Waals surface area contributed by atoms with E-state index in [1.54, 1.807) is 41.9 Å². The number of halogens is 1. The summed E-state index contributed by atoms with van der Waals surface area (Å²) in [6.07, 6.45) is 2.90. The third kappa shape index (κ3) is 5.46. The summed E-state index contributed by atoms with van der Waals surface area (Å²) in [6, 6.07) is 14.9. The zero-order valence-electron chi connectivity index (χ0n) is 23.0. The molecule has 1 N–H and O–H groups in total. The molecule has 1 aromatic heterocycles. The number of rotatable bonds is 9. The minimum atomic E-state index is -0.905. The average molecular weight is 575 g/mol. The standard InChI is InChI=1S/C31H31ClN4O5/c1-35-30-27(33-34-35)12-20(13-28(30)40-2)25(15-29(37)38)23-5-3-4-19-16-36(11-10-22(19)23)31(39)24-9-8-21(14-26(24)32)41-17-18-6-7-18/h3-5,8-9,12-14,18,25H,6-7,10-11,15-17H2,1-2H3,(H,37,38). The fraction of sp³-hybridized carbons (Fsp3) is 0.355. The molecule has 3 aromatic carbocycles. The first kappa shape index (κ1) is 27.1. The number of aliphatic carboxylic acids is 1. The number of ether oxygens (including phenoxy) is 2. The number of carbonyl (C=O) groups excluding carboxylic acids is 1. The summed E-state index contributed by atoms with van der Waals surface area (Å²) in [5.41, 5.74) is 5.60. The molecule has 1 fully saturated rings. The van der Waals surface area contributed by atoms with Gasteiger partial charge in [-0.2, -0.15) is 0 Å². The number of benzene rings is 3. The summed E-state index contributed by atoms with van der Waals surface area (Å²) in [5.74, 6) is 0.413. The van der Waals surface area contributed by atoms with Crippen LogP contribution in [0.4, 0.5) is 0 Å². The van der Waals surface area contributed by atoms with Crippen LogP contribution in [-0.2, 0) is 24.8 Å². The Morgan fingerprint density at radius 2 is 2.00 bits per heavy atom. The molecule has 1 saturated carbocycles. The lowest BCUT2D eigenvalue weighted by molar-refractivity contribution is -0.137. The Bertz CT molecular complexity index is 1650. The molecule has 10 heteroatoms. The lowest BCUT2D eigenvalue weighted by atomic mass is 9.82. The Balaban J connectivity index is 1.28. The normalized spacial score (nSPS) is 15.4. The molecule has 2 heterocycles. The van der Waals surface area contributed by atoms with E-state index < -0.39 is 11.9 Å². The van der Waals surface area contributed by atoms with Crippen molar-refractivity contribution in [2.75, 3.05) is 20.3 Å². The van der Waals surface area contributed by atoms with Gasteiger partial charge in [0.1, 0.15) is 22.5 Å². The molecular weight excluding hydrogens is 544 g/mol. The van der Waals surface area contributed by atoms with Crippen molar-refractivity contribution in [2.24, 2.45) is 13.0 Å². The Kier molecular flexibility index (Phi) is 7.30. The van der Waals surface area contributed by atoms with Gasteiger partial charge in [-0.05, 0) is 77.8 Å². The molecular formula is C31H31ClN4O5. The maximum Gasteiger partial charge on any atom is 0.304 e. The van der Waals surface area contributed by atoms with E-state index in [1.165, 1.54) is 12.8 Å². The summed E-state index contributed by atoms with van der Waals surface area (Å²) in [4.78, 5) is 27.3. The molecule has 1 amide bonds. The van der Waals surface area contributed by atoms with Crippen molar-refractivity contribution in [3.05, 3.63) is 81.4 Å². The van der Waals surface area contributed by atoms with Crippen molar-refractivity contribution >= 4 is 34.5 Å². The number of fused-ring (bicyclic) bond motifs is 2. The van der Waals surface area contributed by atoms with Gasteiger partial charge in [0.25, 0.3) is 5.91 Å². The predicted molar refractivity (Wildman–Crippen MR) is 154 cm³/mol. The fourth-order valence-corrected chi connectivity index (χ4v) is 5.93. The maximum atomic E-state index is 13.5. The zero-order chi connectivity index (χ0) is 28.7. The maximum absolute atomic E-state index is 13.5. The molecule has 6 rings (SSSR count). The SMILES string of the molecule is COc1cc(C(CC(=O)O)c2cccc3c2CCN(C(=O)c2ccc(OCC4CC4)cc2Cl)C3)cc2nnn(C)c12. The van der Waals surface area contributed by atoms with Crippen molar-refractivity contribution in [1.29, 1.82) is 0 Å². The van der Waals surface area contributed by atoms with Gasteiger partial charge < -0.3 is 19.5 Å². The van der Waals surface area contributed by atoms with Gasteiger partial charge in [0.05, 0.1) is 30.7 Å². The number of carbonyl (C=O) groups is 2. The second kappa shape index (κ2) is 11.0. The molecule has 1 atom stereocenters. The van der Waals surface area contributed by atoms with Gasteiger partial charge in [0, 0.05) is 26.1 Å². The first-order valence-corrected chi connectivity index (χ1v) is 14.1. The second-order valence-electron chi connectivity index (χ2n) is 10.8. The highest BCUT2D eigenvalue weighted by Crippen LogP contribution is 2.38. The number of nitrogens with zero attached hydrogens (tertiary/aromatic N) is 4. The molecule has 212 valence electrons. The third-order valence-corrected chi connectivity index (χ3v) is 8.32. The number of methoxy groups -OCH3 is 1. The quantitative estimate of drug-likeness (QED) is 0.292. The molecule has 0 saturated heterocycles. The van der Waals surface area contributed by atoms with Crippen LogP contribution >= 0.6 is 11.6 Å². The van der Waals surface area contributed by atoms with Crippen molar-refractivity contribution < 1.29 is 24.2 Å². The highest BCUT2D eigenvalue weighted by atomic mass is 35.5. The monoisotopic (exact) mass is 574 g/mol. The molecule has 2 aliphatic rings. The molecule has 1 unspecified atom stereocenters. The predicted octanol–water partition coefficient (Wildman–Crippen LogP) is 5.22. The van der Waals surface area contributed by atoms with Crippen LogP contribution in [0.1, 0.15) is 57.8 Å². The molecule has 41 heavy (non-hydrogen) atoms. The number of carboxylic acids is 1. The van der Waals surface area contributed by atoms with E-state index in [0.717, 1.165) is 27.8 Å². The van der Waals surface area contributed by atoms with Gasteiger partial charge >= 0.3 is 5.97 Å². The Labute approximate surface area is 242 Å². The average Bonchev–Trinajstić information content (AvgIpc) is 3.73. The summed E-state index contributed by atoms with van der Waals surface area (Å²) >= 11 is 6.52. The number of amides is 1. The number of aryl methyl sites for hydroxylation is 1. The van der Waals surface area contributed by atoms with Gasteiger partial charge in [-0.25, -0.2) is 4.68 Å². The van der Waals surface area contributed by atoms with E-state index in [2.05, 4.69) is 10.3 Å². The van der Waals surface area contributed by atoms with Crippen LogP contribution in [0.5, 0.6) is 11.5 Å². The Morgan fingerprint density at radius 1 is 1.17 bits per heavy atom. The van der Waals surface area contributed by atoms with Gasteiger partial charge in [-0.1, -0.05) is 35.0 Å². The van der Waals surface area contributed by atoms with E-state index in [9.17, 15) is 14.7 Å². The summed E-state index contributed by atoms with van der Waals surface area (Å²) in [5, 5.41) is 18.6. The van der Waals surface area contributed by atoms with Crippen molar-refractivity contribution in [3.8, 4) is 11.5 Å². The number of aromatic nitrogens is 3. The minimum Gasteiger partial charge on any atom is -0.494 e. The van der Waals surface area contributed by atoms with Gasteiger partial charge in [-0.15, -0.1) is 5.10 Å². The van der Waals surface area contributed by atoms with Crippen LogP contribution in [0.3, 0.4) is 0 Å². The molecule has 1 aliphatic heterocycles. The molecule has 0 bridgehead atoms. The Morgan fingerprint density at radius 3 is 2.73 bits per heavy atom. The van der Waals surface area contributed by atoms with Gasteiger partial charge in [-0.3, -0.25) is 9.59 Å². The first-order chi connectivity index (χ1) is 19.8. The summed E-state index contributed by atoms with van der Waals surface area (Å²) < 4.78 is 13.1. The highest BCUT2D eigenvalue weighted by Gasteiger charge is 2.29. The van der Waals surface area contributed by atoms with Crippen LogP contribution in [0.15, 0.2) is 48.5 Å². The Hall–Kier alpha value is -4.11. The van der Waals surface area contributed by atoms with E-state index in [-0.39, 0.29) is 12.3 Å². The molecule has 0 radical (unpaired) electrons. The lowest BCUT2D eigenvalue weighted by Crippen LogP contribution is -2.36. The summed E-state index contributed by atoms with van der Waals surface area (Å²) in [7, 11) is 3.37. The van der Waals surface area contributed by atoms with Crippen molar-refractivity contribution in [2.45, 2.75) is 38.1 Å². The number of hydrogen-bond donors (Lipinski definition) is 1. The van der Waals surface area contributed by atoms with Crippen LogP contribution in [0.25, 0.3) is 11.0 Å². The first-order valence-electron chi connectivity index (χ1n) is 13.7. The molecule has 1 aliphatic carbocycles. The van der Waals surface area contributed by atoms with Crippen molar-refractivity contribution in [3.63, 3.8) is 0 Å². The van der Waals surface area contributed by atoms with Crippen LogP contribution in [0, 0.1) is 5.92 Å². The summed E-state index contributed by atoms with van der Waals surface area (Å²) in [6.45, 7) is 1.58. The van der Waals surface area contributed by atoms with E-state index in [1.807, 2.05) is 30.3 Å². The smallest absolute Gasteiger partial charge is 0.304 e.